The summed E-state index contributed by atoms with van der Waals surface area (Å²) in [5.74, 6) is 0.0129. The number of nitrogens with zero attached hydrogens (tertiary/aromatic N) is 4. The molecule has 1 amide bonds. The van der Waals surface area contributed by atoms with Crippen LogP contribution in [0.4, 0.5) is 0 Å². The van der Waals surface area contributed by atoms with E-state index in [0.717, 1.165) is 24.9 Å². The van der Waals surface area contributed by atoms with Crippen LogP contribution in [0.5, 0.6) is 0 Å². The Bertz CT molecular complexity index is 774. The van der Waals surface area contributed by atoms with E-state index in [-0.39, 0.29) is 5.91 Å². The highest BCUT2D eigenvalue weighted by atomic mass is 16.3. The first kappa shape index (κ1) is 18.3. The number of aryl methyl sites for hydroxylation is 1. The number of fused-ring (bicyclic) bond motifs is 1. The lowest BCUT2D eigenvalue weighted by Gasteiger charge is -2.37. The van der Waals surface area contributed by atoms with Gasteiger partial charge in [0.2, 0.25) is 0 Å². The highest BCUT2D eigenvalue weighted by Crippen LogP contribution is 2.29. The zero-order chi connectivity index (χ0) is 18.8. The molecule has 2 aromatic heterocycles. The van der Waals surface area contributed by atoms with Crippen LogP contribution in [-0.4, -0.2) is 51.7 Å². The number of rotatable bonds is 5. The first-order chi connectivity index (χ1) is 13.2. The summed E-state index contributed by atoms with van der Waals surface area (Å²) in [6.07, 6.45) is 10.4. The fourth-order valence-corrected chi connectivity index (χ4v) is 4.61. The molecule has 0 aromatic carbocycles. The second-order valence-electron chi connectivity index (χ2n) is 7.88. The van der Waals surface area contributed by atoms with Crippen molar-refractivity contribution in [3.05, 3.63) is 41.1 Å². The zero-order valence-corrected chi connectivity index (χ0v) is 16.5. The summed E-state index contributed by atoms with van der Waals surface area (Å²) in [5, 5.41) is 4.72. The van der Waals surface area contributed by atoms with E-state index in [0.29, 0.717) is 18.3 Å². The highest BCUT2D eigenvalue weighted by molar-refractivity contribution is 5.94. The summed E-state index contributed by atoms with van der Waals surface area (Å²) in [7, 11) is 1.84. The van der Waals surface area contributed by atoms with Crippen molar-refractivity contribution in [1.82, 2.24) is 19.6 Å². The standard InChI is InChI=1S/C21H30N4O2/c1-3-25-19-8-7-17(24-10-5-4-6-11-24)13-18(19)20(22-25)21(26)23(2)14-16-9-12-27-15-16/h9,12,15,17H,3-8,10-11,13-14H2,1-2H3/t17-/m0/s1. The van der Waals surface area contributed by atoms with Crippen molar-refractivity contribution in [2.24, 2.45) is 0 Å². The summed E-state index contributed by atoms with van der Waals surface area (Å²) >= 11 is 0. The lowest BCUT2D eigenvalue weighted by Crippen LogP contribution is -2.42. The minimum absolute atomic E-state index is 0.0129. The van der Waals surface area contributed by atoms with Crippen LogP contribution in [0.2, 0.25) is 0 Å². The molecule has 0 N–H and O–H groups in total. The Morgan fingerprint density at radius 1 is 1.33 bits per heavy atom. The van der Waals surface area contributed by atoms with Gasteiger partial charge in [0.1, 0.15) is 0 Å². The van der Waals surface area contributed by atoms with Crippen LogP contribution in [0.3, 0.4) is 0 Å². The first-order valence-corrected chi connectivity index (χ1v) is 10.3. The molecule has 1 fully saturated rings. The molecule has 1 aliphatic heterocycles. The second-order valence-corrected chi connectivity index (χ2v) is 7.88. The van der Waals surface area contributed by atoms with Crippen molar-refractivity contribution in [2.45, 2.75) is 64.6 Å². The molecule has 146 valence electrons. The van der Waals surface area contributed by atoms with Gasteiger partial charge >= 0.3 is 0 Å². The second kappa shape index (κ2) is 7.89. The maximum absolute atomic E-state index is 13.2. The Morgan fingerprint density at radius 3 is 2.85 bits per heavy atom. The Balaban J connectivity index is 1.56. The molecular weight excluding hydrogens is 340 g/mol. The van der Waals surface area contributed by atoms with Crippen LogP contribution in [0, 0.1) is 0 Å². The van der Waals surface area contributed by atoms with Gasteiger partial charge in [-0.15, -0.1) is 0 Å². The summed E-state index contributed by atoms with van der Waals surface area (Å²) in [5.41, 5.74) is 4.11. The van der Waals surface area contributed by atoms with Gasteiger partial charge in [0.15, 0.2) is 5.69 Å². The lowest BCUT2D eigenvalue weighted by atomic mass is 9.89. The van der Waals surface area contributed by atoms with E-state index in [1.807, 2.05) is 17.8 Å². The molecule has 6 nitrogen and oxygen atoms in total. The normalized spacial score (nSPS) is 20.4. The molecular formula is C21H30N4O2. The predicted molar refractivity (Wildman–Crippen MR) is 104 cm³/mol. The smallest absolute Gasteiger partial charge is 0.274 e. The predicted octanol–water partition coefficient (Wildman–Crippen LogP) is 3.11. The van der Waals surface area contributed by atoms with Gasteiger partial charge in [0.25, 0.3) is 5.91 Å². The Labute approximate surface area is 161 Å². The van der Waals surface area contributed by atoms with Crippen LogP contribution < -0.4 is 0 Å². The molecule has 6 heteroatoms. The molecule has 0 saturated carbocycles. The molecule has 2 aromatic rings. The quantitative estimate of drug-likeness (QED) is 0.811. The molecule has 1 aliphatic carbocycles. The maximum Gasteiger partial charge on any atom is 0.274 e. The van der Waals surface area contributed by atoms with Gasteiger partial charge in [-0.25, -0.2) is 0 Å². The number of furan rings is 1. The Morgan fingerprint density at radius 2 is 2.15 bits per heavy atom. The number of aromatic nitrogens is 2. The minimum atomic E-state index is 0.0129. The van der Waals surface area contributed by atoms with E-state index < -0.39 is 0 Å². The third-order valence-corrected chi connectivity index (χ3v) is 6.08. The van der Waals surface area contributed by atoms with Crippen molar-refractivity contribution >= 4 is 5.91 Å². The minimum Gasteiger partial charge on any atom is -0.472 e. The van der Waals surface area contributed by atoms with Crippen molar-refractivity contribution in [3.63, 3.8) is 0 Å². The van der Waals surface area contributed by atoms with Crippen molar-refractivity contribution in [3.8, 4) is 0 Å². The van der Waals surface area contributed by atoms with Gasteiger partial charge in [-0.3, -0.25) is 9.48 Å². The summed E-state index contributed by atoms with van der Waals surface area (Å²) < 4.78 is 7.17. The molecule has 0 unspecified atom stereocenters. The van der Waals surface area contributed by atoms with Crippen LogP contribution in [0.1, 0.15) is 59.9 Å². The van der Waals surface area contributed by atoms with Gasteiger partial charge in [-0.05, 0) is 58.2 Å². The average Bonchev–Trinajstić information content (AvgIpc) is 3.35. The molecule has 0 radical (unpaired) electrons. The fourth-order valence-electron chi connectivity index (χ4n) is 4.61. The van der Waals surface area contributed by atoms with E-state index in [2.05, 4.69) is 11.8 Å². The van der Waals surface area contributed by atoms with Crippen LogP contribution in [-0.2, 0) is 25.9 Å². The summed E-state index contributed by atoms with van der Waals surface area (Å²) in [4.78, 5) is 17.5. The fraction of sp³-hybridized carbons (Fsp3) is 0.619. The summed E-state index contributed by atoms with van der Waals surface area (Å²) in [6, 6.07) is 2.45. The molecule has 0 bridgehead atoms. The monoisotopic (exact) mass is 370 g/mol. The molecule has 1 saturated heterocycles. The molecule has 3 heterocycles. The largest absolute Gasteiger partial charge is 0.472 e. The molecule has 1 atom stereocenters. The van der Waals surface area contributed by atoms with Crippen LogP contribution in [0.25, 0.3) is 0 Å². The number of hydrogen-bond acceptors (Lipinski definition) is 4. The third-order valence-electron chi connectivity index (χ3n) is 6.08. The molecule has 4 rings (SSSR count). The van der Waals surface area contributed by atoms with Crippen molar-refractivity contribution in [1.29, 1.82) is 0 Å². The Kier molecular flexibility index (Phi) is 5.34. The van der Waals surface area contributed by atoms with Gasteiger partial charge < -0.3 is 14.2 Å². The average molecular weight is 370 g/mol. The van der Waals surface area contributed by atoms with Gasteiger partial charge in [-0.1, -0.05) is 6.42 Å². The third kappa shape index (κ3) is 3.68. The van der Waals surface area contributed by atoms with Crippen molar-refractivity contribution in [2.75, 3.05) is 20.1 Å². The topological polar surface area (TPSA) is 54.5 Å². The zero-order valence-electron chi connectivity index (χ0n) is 16.5. The first-order valence-electron chi connectivity index (χ1n) is 10.3. The van der Waals surface area contributed by atoms with E-state index in [4.69, 9.17) is 9.52 Å². The van der Waals surface area contributed by atoms with Crippen LogP contribution >= 0.6 is 0 Å². The van der Waals surface area contributed by atoms with Crippen LogP contribution in [0.15, 0.2) is 23.0 Å². The maximum atomic E-state index is 13.2. The van der Waals surface area contributed by atoms with Gasteiger partial charge in [-0.2, -0.15) is 5.10 Å². The van der Waals surface area contributed by atoms with Gasteiger partial charge in [0.05, 0.1) is 12.5 Å². The molecule has 27 heavy (non-hydrogen) atoms. The van der Waals surface area contributed by atoms with E-state index in [1.54, 1.807) is 17.4 Å². The number of carbonyl (C=O) groups excluding carboxylic acids is 1. The number of hydrogen-bond donors (Lipinski definition) is 0. The van der Waals surface area contributed by atoms with E-state index in [9.17, 15) is 4.79 Å². The van der Waals surface area contributed by atoms with Gasteiger partial charge in [0, 0.05) is 43.0 Å². The summed E-state index contributed by atoms with van der Waals surface area (Å²) in [6.45, 7) is 5.86. The Hall–Kier alpha value is -2.08. The SMILES string of the molecule is CCn1nc(C(=O)N(C)Cc2ccoc2)c2c1CC[C@H](N1CCCCC1)C2. The number of piperidine rings is 1. The van der Waals surface area contributed by atoms with E-state index in [1.165, 1.54) is 50.0 Å². The number of carbonyl (C=O) groups is 1. The highest BCUT2D eigenvalue weighted by Gasteiger charge is 2.32. The molecule has 2 aliphatic rings. The molecule has 0 spiro atoms. The van der Waals surface area contributed by atoms with Crippen molar-refractivity contribution < 1.29 is 9.21 Å². The van der Waals surface area contributed by atoms with E-state index >= 15 is 0 Å². The number of likely N-dealkylation sites (tertiary alicyclic amines) is 1. The number of amides is 1. The lowest BCUT2D eigenvalue weighted by molar-refractivity contribution is 0.0776.